The number of hydrogen-bond donors (Lipinski definition) is 2. The molecule has 5 heteroatoms. The van der Waals surface area contributed by atoms with Gasteiger partial charge in [0.1, 0.15) is 11.6 Å². The zero-order chi connectivity index (χ0) is 13.4. The number of oxazole rings is 1. The minimum absolute atomic E-state index is 0.0837. The molecule has 1 heterocycles. The Bertz CT molecular complexity index is 711. The van der Waals surface area contributed by atoms with Crippen LogP contribution in [0.25, 0.3) is 21.9 Å². The molecule has 0 saturated heterocycles. The summed E-state index contributed by atoms with van der Waals surface area (Å²) < 4.78 is 5.54. The number of carbonyl (C=O) groups is 1. The van der Waals surface area contributed by atoms with Crippen LogP contribution in [0.2, 0.25) is 0 Å². The van der Waals surface area contributed by atoms with E-state index in [1.165, 1.54) is 0 Å². The van der Waals surface area contributed by atoms with Crippen LogP contribution in [-0.4, -0.2) is 22.1 Å². The lowest BCUT2D eigenvalue weighted by molar-refractivity contribution is -0.138. The molecule has 0 aliphatic carbocycles. The number of aliphatic carboxylic acids is 1. The topological polar surface area (TPSA) is 89.4 Å². The molecule has 1 atom stereocenters. The Morgan fingerprint density at radius 1 is 1.32 bits per heavy atom. The summed E-state index contributed by atoms with van der Waals surface area (Å²) in [5, 5.41) is 10.9. The largest absolute Gasteiger partial charge is 0.480 e. The van der Waals surface area contributed by atoms with Crippen molar-refractivity contribution in [3.8, 4) is 0 Å². The van der Waals surface area contributed by atoms with Crippen LogP contribution in [0.15, 0.2) is 40.8 Å². The molecule has 0 aliphatic heterocycles. The molecule has 2 aromatic carbocycles. The molecule has 0 fully saturated rings. The SMILES string of the molecule is N[C@@H](Cc1nc2cc3ccccc3cc2o1)C(=O)O. The Balaban J connectivity index is 2.05. The van der Waals surface area contributed by atoms with Gasteiger partial charge < -0.3 is 15.3 Å². The summed E-state index contributed by atoms with van der Waals surface area (Å²) in [6.07, 6.45) is 0.0837. The van der Waals surface area contributed by atoms with Crippen LogP contribution in [-0.2, 0) is 11.2 Å². The van der Waals surface area contributed by atoms with Gasteiger partial charge in [0.2, 0.25) is 0 Å². The third-order valence-corrected chi connectivity index (χ3v) is 3.01. The summed E-state index contributed by atoms with van der Waals surface area (Å²) in [4.78, 5) is 15.0. The fourth-order valence-electron chi connectivity index (χ4n) is 2.02. The molecule has 96 valence electrons. The van der Waals surface area contributed by atoms with Crippen molar-refractivity contribution in [1.29, 1.82) is 0 Å². The monoisotopic (exact) mass is 256 g/mol. The van der Waals surface area contributed by atoms with Gasteiger partial charge in [-0.3, -0.25) is 4.79 Å². The van der Waals surface area contributed by atoms with E-state index in [4.69, 9.17) is 15.3 Å². The average molecular weight is 256 g/mol. The van der Waals surface area contributed by atoms with Crippen LogP contribution in [0, 0.1) is 0 Å². The van der Waals surface area contributed by atoms with Crippen LogP contribution in [0.3, 0.4) is 0 Å². The normalized spacial score (nSPS) is 12.9. The third kappa shape index (κ3) is 2.15. The van der Waals surface area contributed by atoms with Crippen molar-refractivity contribution >= 4 is 27.8 Å². The summed E-state index contributed by atoms with van der Waals surface area (Å²) >= 11 is 0. The molecule has 0 saturated carbocycles. The van der Waals surface area contributed by atoms with Crippen molar-refractivity contribution in [2.24, 2.45) is 5.73 Å². The summed E-state index contributed by atoms with van der Waals surface area (Å²) in [6.45, 7) is 0. The Morgan fingerprint density at radius 2 is 2.00 bits per heavy atom. The van der Waals surface area contributed by atoms with Gasteiger partial charge in [-0.25, -0.2) is 4.98 Å². The maximum Gasteiger partial charge on any atom is 0.321 e. The average Bonchev–Trinajstić information content (AvgIpc) is 2.76. The lowest BCUT2D eigenvalue weighted by atomic mass is 10.1. The van der Waals surface area contributed by atoms with Gasteiger partial charge in [-0.15, -0.1) is 0 Å². The van der Waals surface area contributed by atoms with E-state index in [9.17, 15) is 4.79 Å². The predicted molar refractivity (Wildman–Crippen MR) is 70.8 cm³/mol. The van der Waals surface area contributed by atoms with Gasteiger partial charge in [0.25, 0.3) is 0 Å². The van der Waals surface area contributed by atoms with Crippen LogP contribution in [0.5, 0.6) is 0 Å². The minimum atomic E-state index is -1.06. The predicted octanol–water partition coefficient (Wildman–Crippen LogP) is 1.94. The number of aromatic nitrogens is 1. The quantitative estimate of drug-likeness (QED) is 0.747. The fourth-order valence-corrected chi connectivity index (χ4v) is 2.02. The molecule has 0 spiro atoms. The summed E-state index contributed by atoms with van der Waals surface area (Å²) in [5.41, 5.74) is 6.83. The summed E-state index contributed by atoms with van der Waals surface area (Å²) in [7, 11) is 0. The molecule has 1 aromatic heterocycles. The maximum atomic E-state index is 10.7. The molecule has 0 bridgehead atoms. The van der Waals surface area contributed by atoms with Crippen LogP contribution in [0.1, 0.15) is 5.89 Å². The number of hydrogen-bond acceptors (Lipinski definition) is 4. The molecule has 0 radical (unpaired) electrons. The summed E-state index contributed by atoms with van der Waals surface area (Å²) in [6, 6.07) is 10.7. The van der Waals surface area contributed by atoms with Gasteiger partial charge in [0, 0.05) is 0 Å². The molecular weight excluding hydrogens is 244 g/mol. The van der Waals surface area contributed by atoms with E-state index in [-0.39, 0.29) is 6.42 Å². The van der Waals surface area contributed by atoms with Crippen molar-refractivity contribution < 1.29 is 14.3 Å². The smallest absolute Gasteiger partial charge is 0.321 e. The highest BCUT2D eigenvalue weighted by Gasteiger charge is 2.16. The van der Waals surface area contributed by atoms with Crippen LogP contribution in [0.4, 0.5) is 0 Å². The van der Waals surface area contributed by atoms with Crippen molar-refractivity contribution in [1.82, 2.24) is 4.98 Å². The lowest BCUT2D eigenvalue weighted by Gasteiger charge is -2.00. The molecule has 3 aromatic rings. The molecule has 5 nitrogen and oxygen atoms in total. The molecule has 0 amide bonds. The lowest BCUT2D eigenvalue weighted by Crippen LogP contribution is -2.32. The van der Waals surface area contributed by atoms with E-state index in [1.54, 1.807) is 0 Å². The number of nitrogens with zero attached hydrogens (tertiary/aromatic N) is 1. The number of fused-ring (bicyclic) bond motifs is 2. The van der Waals surface area contributed by atoms with E-state index in [0.29, 0.717) is 17.0 Å². The van der Waals surface area contributed by atoms with Gasteiger partial charge in [0.15, 0.2) is 11.5 Å². The Labute approximate surface area is 108 Å². The number of carboxylic acids is 1. The highest BCUT2D eigenvalue weighted by atomic mass is 16.4. The summed E-state index contributed by atoms with van der Waals surface area (Å²) in [5.74, 6) is -0.715. The van der Waals surface area contributed by atoms with E-state index in [1.807, 2.05) is 36.4 Å². The Hall–Kier alpha value is -2.40. The molecule has 3 rings (SSSR count). The number of rotatable bonds is 3. The standard InChI is InChI=1S/C14H12N2O3/c15-10(14(17)18)7-13-16-11-5-8-3-1-2-4-9(8)6-12(11)19-13/h1-6,10H,7,15H2,(H,17,18)/t10-/m0/s1. The van der Waals surface area contributed by atoms with Crippen molar-refractivity contribution in [3.63, 3.8) is 0 Å². The van der Waals surface area contributed by atoms with Crippen molar-refractivity contribution in [2.75, 3.05) is 0 Å². The second-order valence-corrected chi connectivity index (χ2v) is 4.42. The first kappa shape index (κ1) is 11.7. The first-order valence-corrected chi connectivity index (χ1v) is 5.90. The highest BCUT2D eigenvalue weighted by Crippen LogP contribution is 2.23. The highest BCUT2D eigenvalue weighted by molar-refractivity contribution is 5.94. The number of carboxylic acid groups (broad SMARTS) is 1. The van der Waals surface area contributed by atoms with Gasteiger partial charge in [-0.05, 0) is 22.9 Å². The van der Waals surface area contributed by atoms with Crippen LogP contribution < -0.4 is 5.73 Å². The zero-order valence-electron chi connectivity index (χ0n) is 10.0. The van der Waals surface area contributed by atoms with E-state index < -0.39 is 12.0 Å². The second-order valence-electron chi connectivity index (χ2n) is 4.42. The molecule has 0 aliphatic rings. The second kappa shape index (κ2) is 4.37. The van der Waals surface area contributed by atoms with Gasteiger partial charge in [-0.2, -0.15) is 0 Å². The first-order valence-electron chi connectivity index (χ1n) is 5.90. The van der Waals surface area contributed by atoms with E-state index >= 15 is 0 Å². The van der Waals surface area contributed by atoms with Gasteiger partial charge in [-0.1, -0.05) is 24.3 Å². The minimum Gasteiger partial charge on any atom is -0.480 e. The number of nitrogens with two attached hydrogens (primary N) is 1. The van der Waals surface area contributed by atoms with Crippen LogP contribution >= 0.6 is 0 Å². The Morgan fingerprint density at radius 3 is 2.68 bits per heavy atom. The number of benzene rings is 2. The van der Waals surface area contributed by atoms with Gasteiger partial charge in [0.05, 0.1) is 6.42 Å². The molecule has 3 N–H and O–H groups in total. The molecular formula is C14H12N2O3. The van der Waals surface area contributed by atoms with E-state index in [2.05, 4.69) is 4.98 Å². The molecule has 19 heavy (non-hydrogen) atoms. The maximum absolute atomic E-state index is 10.7. The Kier molecular flexibility index (Phi) is 2.68. The molecule has 0 unspecified atom stereocenters. The van der Waals surface area contributed by atoms with Crippen molar-refractivity contribution in [2.45, 2.75) is 12.5 Å². The van der Waals surface area contributed by atoms with E-state index in [0.717, 1.165) is 10.8 Å². The zero-order valence-corrected chi connectivity index (χ0v) is 10.0. The fraction of sp³-hybridized carbons (Fsp3) is 0.143. The van der Waals surface area contributed by atoms with Crippen molar-refractivity contribution in [3.05, 3.63) is 42.3 Å². The first-order chi connectivity index (χ1) is 9.13. The third-order valence-electron chi connectivity index (χ3n) is 3.01. The van der Waals surface area contributed by atoms with Gasteiger partial charge >= 0.3 is 5.97 Å².